The van der Waals surface area contributed by atoms with Gasteiger partial charge in [0.15, 0.2) is 0 Å². The van der Waals surface area contributed by atoms with Gasteiger partial charge in [-0.15, -0.1) is 0 Å². The van der Waals surface area contributed by atoms with Crippen LogP contribution >= 0.6 is 0 Å². The fourth-order valence-corrected chi connectivity index (χ4v) is 1.88. The van der Waals surface area contributed by atoms with E-state index in [0.717, 1.165) is 0 Å². The lowest BCUT2D eigenvalue weighted by Gasteiger charge is -2.20. The van der Waals surface area contributed by atoms with E-state index in [-0.39, 0.29) is 19.8 Å². The first kappa shape index (κ1) is 22.3. The summed E-state index contributed by atoms with van der Waals surface area (Å²) in [6, 6.07) is 5.65. The lowest BCUT2D eigenvalue weighted by atomic mass is 10.1. The average Bonchev–Trinajstić information content (AvgIpc) is 2.58. The Labute approximate surface area is 158 Å². The second-order valence-corrected chi connectivity index (χ2v) is 6.70. The molecule has 27 heavy (non-hydrogen) atoms. The quantitative estimate of drug-likeness (QED) is 0.524. The maximum Gasteiger partial charge on any atom is 0.414 e. The summed E-state index contributed by atoms with van der Waals surface area (Å²) in [5, 5.41) is 2.05. The molecule has 1 aromatic carbocycles. The van der Waals surface area contributed by atoms with Crippen LogP contribution in [-0.4, -0.2) is 42.8 Å². The normalized spacial score (nSPS) is 12.0. The van der Waals surface area contributed by atoms with Crippen LogP contribution in [0.25, 0.3) is 0 Å². The van der Waals surface area contributed by atoms with Crippen LogP contribution in [0.1, 0.15) is 36.7 Å². The summed E-state index contributed by atoms with van der Waals surface area (Å²) in [5.41, 5.74) is 6.07. The van der Waals surface area contributed by atoms with Gasteiger partial charge < -0.3 is 19.9 Å². The van der Waals surface area contributed by atoms with Crippen molar-refractivity contribution < 1.29 is 28.6 Å². The number of carbonyl (C=O) groups is 3. The molecule has 0 heterocycles. The zero-order valence-electron chi connectivity index (χ0n) is 15.8. The molecule has 0 aliphatic carbocycles. The first-order valence-corrected chi connectivity index (χ1v) is 8.36. The molecule has 2 amide bonds. The number of hydrogen-bond acceptors (Lipinski definition) is 7. The molecule has 0 bridgehead atoms. The first-order chi connectivity index (χ1) is 12.6. The fourth-order valence-electron chi connectivity index (χ4n) is 1.88. The first-order valence-electron chi connectivity index (χ1n) is 8.36. The molecule has 1 unspecified atom stereocenters. The van der Waals surface area contributed by atoms with Crippen molar-refractivity contribution in [2.24, 2.45) is 5.73 Å². The van der Waals surface area contributed by atoms with Gasteiger partial charge in [0.25, 0.3) is 0 Å². The van der Waals surface area contributed by atoms with Crippen molar-refractivity contribution in [3.8, 4) is 0 Å². The van der Waals surface area contributed by atoms with Gasteiger partial charge in [-0.3, -0.25) is 10.1 Å². The van der Waals surface area contributed by atoms with Crippen LogP contribution in [0.2, 0.25) is 0 Å². The van der Waals surface area contributed by atoms with Crippen molar-refractivity contribution in [3.63, 3.8) is 0 Å². The van der Waals surface area contributed by atoms with Crippen LogP contribution < -0.4 is 11.1 Å². The summed E-state index contributed by atoms with van der Waals surface area (Å²) in [4.78, 5) is 35.2. The zero-order valence-corrected chi connectivity index (χ0v) is 15.8. The molecule has 3 N–H and O–H groups in total. The smallest absolute Gasteiger partial charge is 0.414 e. The summed E-state index contributed by atoms with van der Waals surface area (Å²) in [6.07, 6.45) is 0.614. The monoisotopic (exact) mass is 378 g/mol. The van der Waals surface area contributed by atoms with Crippen molar-refractivity contribution in [1.29, 1.82) is 0 Å². The highest BCUT2D eigenvalue weighted by Crippen LogP contribution is 2.09. The number of ether oxygens (including phenoxy) is 3. The molecule has 148 valence electrons. The Bertz CT molecular complexity index is 681. The van der Waals surface area contributed by atoms with Gasteiger partial charge in [0.2, 0.25) is 5.91 Å². The topological polar surface area (TPSA) is 117 Å². The van der Waals surface area contributed by atoms with Crippen molar-refractivity contribution >= 4 is 18.0 Å². The van der Waals surface area contributed by atoms with Crippen molar-refractivity contribution in [1.82, 2.24) is 5.32 Å². The van der Waals surface area contributed by atoms with Gasteiger partial charge in [0.1, 0.15) is 18.2 Å². The Morgan fingerprint density at radius 1 is 1.30 bits per heavy atom. The number of nitrogens with one attached hydrogen (secondary N) is 1. The van der Waals surface area contributed by atoms with Crippen LogP contribution in [-0.2, 0) is 25.6 Å². The van der Waals surface area contributed by atoms with E-state index in [9.17, 15) is 14.4 Å². The third-order valence-corrected chi connectivity index (χ3v) is 3.02. The minimum atomic E-state index is -1.04. The molecule has 0 spiro atoms. The number of esters is 1. The number of amides is 2. The van der Waals surface area contributed by atoms with Gasteiger partial charge in [0.05, 0.1) is 18.8 Å². The summed E-state index contributed by atoms with van der Waals surface area (Å²) >= 11 is 0. The van der Waals surface area contributed by atoms with Gasteiger partial charge in [0, 0.05) is 0 Å². The number of benzene rings is 1. The third-order valence-electron chi connectivity index (χ3n) is 3.02. The van der Waals surface area contributed by atoms with Gasteiger partial charge in [-0.2, -0.15) is 0 Å². The Kier molecular flexibility index (Phi) is 8.64. The molecular weight excluding hydrogens is 352 g/mol. The number of imide groups is 1. The van der Waals surface area contributed by atoms with Crippen molar-refractivity contribution in [2.75, 3.05) is 13.2 Å². The Balaban J connectivity index is 2.46. The fraction of sp³-hybridized carbons (Fsp3) is 0.421. The van der Waals surface area contributed by atoms with Gasteiger partial charge in [-0.1, -0.05) is 24.8 Å². The maximum absolute atomic E-state index is 11.8. The highest BCUT2D eigenvalue weighted by Gasteiger charge is 2.21. The molecule has 0 fully saturated rings. The van der Waals surface area contributed by atoms with Crippen LogP contribution in [0.5, 0.6) is 0 Å². The van der Waals surface area contributed by atoms with E-state index in [2.05, 4.69) is 11.9 Å². The maximum atomic E-state index is 11.8. The largest absolute Gasteiger partial charge is 0.458 e. The molecule has 0 aromatic heterocycles. The molecule has 0 saturated carbocycles. The molecule has 0 aliphatic rings. The predicted molar refractivity (Wildman–Crippen MR) is 98.9 cm³/mol. The van der Waals surface area contributed by atoms with Gasteiger partial charge in [-0.05, 0) is 38.5 Å². The Morgan fingerprint density at radius 2 is 2.00 bits per heavy atom. The highest BCUT2D eigenvalue weighted by molar-refractivity contribution is 5.94. The number of nitrogens with two attached hydrogens (primary N) is 1. The third kappa shape index (κ3) is 8.98. The predicted octanol–water partition coefficient (Wildman–Crippen LogP) is 1.92. The summed E-state index contributed by atoms with van der Waals surface area (Å²) in [5.74, 6) is -1.17. The zero-order chi connectivity index (χ0) is 20.4. The van der Waals surface area contributed by atoms with Crippen molar-refractivity contribution in [3.05, 3.63) is 48.0 Å². The molecule has 1 rings (SSSR count). The van der Waals surface area contributed by atoms with Crippen LogP contribution in [0, 0.1) is 0 Å². The van der Waals surface area contributed by atoms with Gasteiger partial charge in [-0.25, -0.2) is 9.59 Å². The lowest BCUT2D eigenvalue weighted by molar-refractivity contribution is -0.123. The highest BCUT2D eigenvalue weighted by atomic mass is 16.6. The number of alkyl carbamates (subject to hydrolysis) is 1. The molecular formula is C19H26N2O6. The second kappa shape index (κ2) is 10.4. The minimum absolute atomic E-state index is 0.111. The summed E-state index contributed by atoms with van der Waals surface area (Å²) < 4.78 is 15.3. The van der Waals surface area contributed by atoms with Crippen LogP contribution in [0.3, 0.4) is 0 Å². The SMILES string of the molecule is C=CCOC(=O)c1cccc(COCC(N)C(=O)NC(=O)OC(C)(C)C)c1. The van der Waals surface area contributed by atoms with E-state index in [1.54, 1.807) is 45.0 Å². The number of hydrogen-bond donors (Lipinski definition) is 2. The summed E-state index contributed by atoms with van der Waals surface area (Å²) in [6.45, 7) is 8.68. The standard InChI is InChI=1S/C19H26N2O6/c1-5-9-26-17(23)14-8-6-7-13(10-14)11-25-12-15(20)16(22)21-18(24)27-19(2,3)4/h5-8,10,15H,1,9,11-12,20H2,2-4H3,(H,21,22,24). The van der Waals surface area contributed by atoms with E-state index in [0.29, 0.717) is 11.1 Å². The molecule has 8 heteroatoms. The van der Waals surface area contributed by atoms with Gasteiger partial charge >= 0.3 is 12.1 Å². The van der Waals surface area contributed by atoms with Crippen LogP contribution in [0.4, 0.5) is 4.79 Å². The molecule has 0 aliphatic heterocycles. The minimum Gasteiger partial charge on any atom is -0.458 e. The van der Waals surface area contributed by atoms with E-state index < -0.39 is 29.6 Å². The van der Waals surface area contributed by atoms with E-state index >= 15 is 0 Å². The Hall–Kier alpha value is -2.71. The lowest BCUT2D eigenvalue weighted by Crippen LogP contribution is -2.47. The second-order valence-electron chi connectivity index (χ2n) is 6.70. The summed E-state index contributed by atoms with van der Waals surface area (Å²) in [7, 11) is 0. The average molecular weight is 378 g/mol. The van der Waals surface area contributed by atoms with E-state index in [1.165, 1.54) is 6.08 Å². The molecule has 1 atom stereocenters. The van der Waals surface area contributed by atoms with Crippen LogP contribution in [0.15, 0.2) is 36.9 Å². The molecule has 0 saturated heterocycles. The molecule has 8 nitrogen and oxygen atoms in total. The van der Waals surface area contributed by atoms with E-state index in [4.69, 9.17) is 19.9 Å². The van der Waals surface area contributed by atoms with E-state index in [1.807, 2.05) is 0 Å². The molecule has 1 aromatic rings. The number of carbonyl (C=O) groups excluding carboxylic acids is 3. The van der Waals surface area contributed by atoms with Crippen molar-refractivity contribution in [2.45, 2.75) is 39.0 Å². The number of rotatable bonds is 8. The Morgan fingerprint density at radius 3 is 2.63 bits per heavy atom. The molecule has 0 radical (unpaired) electrons.